The van der Waals surface area contributed by atoms with E-state index in [1.165, 1.54) is 19.2 Å². The number of amides is 1. The summed E-state index contributed by atoms with van der Waals surface area (Å²) in [5.41, 5.74) is 6.38. The zero-order valence-electron chi connectivity index (χ0n) is 12.3. The number of anilines is 1. The molecule has 1 amide bonds. The average molecular weight is 334 g/mol. The van der Waals surface area contributed by atoms with Crippen LogP contribution in [0.2, 0.25) is 5.02 Å². The summed E-state index contributed by atoms with van der Waals surface area (Å²) in [6.45, 7) is 3.50. The van der Waals surface area contributed by atoms with Crippen LogP contribution in [0.3, 0.4) is 0 Å². The molecule has 0 aliphatic rings. The Balaban J connectivity index is 3.28. The molecule has 0 radical (unpaired) electrons. The number of carbonyl (C=O) groups excluding carboxylic acids is 1. The van der Waals surface area contributed by atoms with Gasteiger partial charge >= 0.3 is 0 Å². The maximum Gasteiger partial charge on any atom is 0.243 e. The van der Waals surface area contributed by atoms with Crippen LogP contribution in [0.1, 0.15) is 18.9 Å². The summed E-state index contributed by atoms with van der Waals surface area (Å²) in [7, 11) is -2.34. The molecule has 0 saturated heterocycles. The van der Waals surface area contributed by atoms with Crippen molar-refractivity contribution in [3.8, 4) is 0 Å². The van der Waals surface area contributed by atoms with Crippen LogP contribution < -0.4 is 11.1 Å². The monoisotopic (exact) mass is 333 g/mol. The van der Waals surface area contributed by atoms with E-state index in [4.69, 9.17) is 17.3 Å². The van der Waals surface area contributed by atoms with Gasteiger partial charge in [-0.2, -0.15) is 4.31 Å². The highest BCUT2D eigenvalue weighted by atomic mass is 35.5. The highest BCUT2D eigenvalue weighted by Crippen LogP contribution is 2.28. The number of rotatable bonds is 6. The molecular formula is C13H20ClN3O3S. The van der Waals surface area contributed by atoms with Crippen molar-refractivity contribution >= 4 is 33.2 Å². The third kappa shape index (κ3) is 4.09. The quantitative estimate of drug-likeness (QED) is 0.769. The summed E-state index contributed by atoms with van der Waals surface area (Å²) in [6, 6.07) is 2.84. The van der Waals surface area contributed by atoms with E-state index in [0.717, 1.165) is 4.31 Å². The van der Waals surface area contributed by atoms with Gasteiger partial charge in [-0.3, -0.25) is 4.79 Å². The summed E-state index contributed by atoms with van der Waals surface area (Å²) >= 11 is 5.89. The molecule has 0 heterocycles. The Morgan fingerprint density at radius 1 is 1.43 bits per heavy atom. The lowest BCUT2D eigenvalue weighted by atomic mass is 10.2. The number of nitrogen functional groups attached to an aromatic ring is 1. The van der Waals surface area contributed by atoms with Crippen LogP contribution in [0, 0.1) is 6.92 Å². The average Bonchev–Trinajstić information content (AvgIpc) is 2.41. The van der Waals surface area contributed by atoms with Gasteiger partial charge < -0.3 is 11.1 Å². The van der Waals surface area contributed by atoms with Gasteiger partial charge in [0.15, 0.2) is 0 Å². The number of hydrogen-bond acceptors (Lipinski definition) is 4. The molecule has 0 aliphatic heterocycles. The first-order valence-electron chi connectivity index (χ1n) is 6.50. The number of aryl methyl sites for hydroxylation is 1. The summed E-state index contributed by atoms with van der Waals surface area (Å²) in [6.07, 6.45) is 0.596. The second kappa shape index (κ2) is 7.11. The van der Waals surface area contributed by atoms with Gasteiger partial charge in [0.25, 0.3) is 0 Å². The number of carbonyl (C=O) groups is 1. The molecule has 1 aromatic rings. The second-order valence-electron chi connectivity index (χ2n) is 4.65. The third-order valence-corrected chi connectivity index (χ3v) is 5.30. The van der Waals surface area contributed by atoms with Crippen molar-refractivity contribution in [3.05, 3.63) is 22.7 Å². The van der Waals surface area contributed by atoms with Gasteiger partial charge in [-0.1, -0.05) is 18.5 Å². The molecule has 8 heteroatoms. The lowest BCUT2D eigenvalue weighted by Gasteiger charge is -2.22. The first kappa shape index (κ1) is 17.7. The predicted molar refractivity (Wildman–Crippen MR) is 83.7 cm³/mol. The van der Waals surface area contributed by atoms with Crippen LogP contribution in [0.4, 0.5) is 5.69 Å². The minimum Gasteiger partial charge on any atom is -0.397 e. The number of sulfonamides is 1. The molecular weight excluding hydrogens is 314 g/mol. The first-order chi connectivity index (χ1) is 9.73. The Morgan fingerprint density at radius 3 is 2.57 bits per heavy atom. The van der Waals surface area contributed by atoms with Gasteiger partial charge in [0.1, 0.15) is 0 Å². The smallest absolute Gasteiger partial charge is 0.243 e. The summed E-state index contributed by atoms with van der Waals surface area (Å²) in [4.78, 5) is 11.6. The lowest BCUT2D eigenvalue weighted by molar-refractivity contribution is -0.120. The minimum absolute atomic E-state index is 0.0711. The molecule has 3 N–H and O–H groups in total. The highest BCUT2D eigenvalue weighted by molar-refractivity contribution is 7.89. The Labute approximate surface area is 130 Å². The van der Waals surface area contributed by atoms with Crippen LogP contribution in [-0.2, 0) is 14.8 Å². The van der Waals surface area contributed by atoms with Gasteiger partial charge in [-0.05, 0) is 31.0 Å². The van der Waals surface area contributed by atoms with E-state index in [1.54, 1.807) is 6.92 Å². The molecule has 1 aromatic carbocycles. The fraction of sp³-hybridized carbons (Fsp3) is 0.462. The van der Waals surface area contributed by atoms with Crippen LogP contribution in [0.5, 0.6) is 0 Å². The number of hydrogen-bond donors (Lipinski definition) is 2. The van der Waals surface area contributed by atoms with E-state index in [1.807, 2.05) is 6.92 Å². The summed E-state index contributed by atoms with van der Waals surface area (Å²) in [5.74, 6) is -0.369. The predicted octanol–water partition coefficient (Wildman–Crippen LogP) is 1.38. The van der Waals surface area contributed by atoms with Crippen molar-refractivity contribution in [1.29, 1.82) is 0 Å². The van der Waals surface area contributed by atoms with E-state index in [0.29, 0.717) is 17.0 Å². The minimum atomic E-state index is -3.80. The van der Waals surface area contributed by atoms with Crippen molar-refractivity contribution in [1.82, 2.24) is 9.62 Å². The van der Waals surface area contributed by atoms with Crippen molar-refractivity contribution in [2.45, 2.75) is 25.2 Å². The van der Waals surface area contributed by atoms with Crippen LogP contribution in [0.15, 0.2) is 17.0 Å². The Bertz CT molecular complexity index is 632. The molecule has 0 unspecified atom stereocenters. The number of halogens is 1. The van der Waals surface area contributed by atoms with Gasteiger partial charge in [0, 0.05) is 13.6 Å². The lowest BCUT2D eigenvalue weighted by Crippen LogP contribution is -2.40. The first-order valence-corrected chi connectivity index (χ1v) is 8.32. The Hall–Kier alpha value is -1.31. The van der Waals surface area contributed by atoms with Crippen molar-refractivity contribution in [2.75, 3.05) is 25.9 Å². The van der Waals surface area contributed by atoms with E-state index in [-0.39, 0.29) is 29.6 Å². The standard InChI is InChI=1S/C13H20ClN3O3S/c1-4-5-17(8-13(18)16-3)21(19,20)12-7-11(15)10(14)6-9(12)2/h6-7H,4-5,8,15H2,1-3H3,(H,16,18). The number of nitrogens with one attached hydrogen (secondary N) is 1. The van der Waals surface area contributed by atoms with Gasteiger partial charge in [-0.15, -0.1) is 0 Å². The van der Waals surface area contributed by atoms with E-state index >= 15 is 0 Å². The number of nitrogens with zero attached hydrogens (tertiary/aromatic N) is 1. The molecule has 118 valence electrons. The zero-order valence-corrected chi connectivity index (χ0v) is 13.9. The van der Waals surface area contributed by atoms with E-state index in [2.05, 4.69) is 5.32 Å². The molecule has 21 heavy (non-hydrogen) atoms. The topological polar surface area (TPSA) is 92.5 Å². The normalized spacial score (nSPS) is 11.7. The molecule has 6 nitrogen and oxygen atoms in total. The molecule has 0 aliphatic carbocycles. The number of benzene rings is 1. The maximum absolute atomic E-state index is 12.7. The van der Waals surface area contributed by atoms with Gasteiger partial charge in [-0.25, -0.2) is 8.42 Å². The zero-order chi connectivity index (χ0) is 16.2. The highest BCUT2D eigenvalue weighted by Gasteiger charge is 2.27. The van der Waals surface area contributed by atoms with Crippen LogP contribution in [0.25, 0.3) is 0 Å². The summed E-state index contributed by atoms with van der Waals surface area (Å²) in [5, 5.41) is 2.73. The SMILES string of the molecule is CCCN(CC(=O)NC)S(=O)(=O)c1cc(N)c(Cl)cc1C. The molecule has 0 bridgehead atoms. The molecule has 1 rings (SSSR count). The summed E-state index contributed by atoms with van der Waals surface area (Å²) < 4.78 is 26.6. The van der Waals surface area contributed by atoms with Crippen LogP contribution in [-0.4, -0.2) is 38.8 Å². The third-order valence-electron chi connectivity index (χ3n) is 2.98. The molecule has 0 atom stereocenters. The fourth-order valence-corrected chi connectivity index (χ4v) is 3.81. The number of nitrogens with two attached hydrogens (primary N) is 1. The van der Waals surface area contributed by atoms with E-state index < -0.39 is 10.0 Å². The van der Waals surface area contributed by atoms with Crippen molar-refractivity contribution < 1.29 is 13.2 Å². The molecule has 0 saturated carbocycles. The van der Waals surface area contributed by atoms with Crippen molar-refractivity contribution in [3.63, 3.8) is 0 Å². The Kier molecular flexibility index (Phi) is 6.00. The number of likely N-dealkylation sites (N-methyl/N-ethyl adjacent to an activating group) is 1. The maximum atomic E-state index is 12.7. The fourth-order valence-electron chi connectivity index (χ4n) is 1.86. The van der Waals surface area contributed by atoms with Crippen LogP contribution >= 0.6 is 11.6 Å². The van der Waals surface area contributed by atoms with Crippen molar-refractivity contribution in [2.24, 2.45) is 0 Å². The van der Waals surface area contributed by atoms with Gasteiger partial charge in [0.05, 0.1) is 22.2 Å². The molecule has 0 spiro atoms. The molecule has 0 fully saturated rings. The largest absolute Gasteiger partial charge is 0.397 e. The Morgan fingerprint density at radius 2 is 2.05 bits per heavy atom. The van der Waals surface area contributed by atoms with E-state index in [9.17, 15) is 13.2 Å². The van der Waals surface area contributed by atoms with Gasteiger partial charge in [0.2, 0.25) is 15.9 Å². The second-order valence-corrected chi connectivity index (χ2v) is 6.96. The molecule has 0 aromatic heterocycles.